The molecule has 2 N–H and O–H groups in total. The molecular weight excluding hydrogens is 170 g/mol. The van der Waals surface area contributed by atoms with Crippen LogP contribution in [-0.4, -0.2) is 23.3 Å². The first kappa shape index (κ1) is 10.1. The average molecular weight is 185 g/mol. The van der Waals surface area contributed by atoms with Gasteiger partial charge in [-0.25, -0.2) is 0 Å². The van der Waals surface area contributed by atoms with E-state index in [4.69, 9.17) is 15.0 Å². The van der Waals surface area contributed by atoms with Crippen molar-refractivity contribution >= 4 is 0 Å². The maximum absolute atomic E-state index is 5.35. The van der Waals surface area contributed by atoms with Crippen LogP contribution in [0.4, 0.5) is 0 Å². The van der Waals surface area contributed by atoms with E-state index in [1.165, 1.54) is 0 Å². The van der Waals surface area contributed by atoms with Crippen molar-refractivity contribution in [2.45, 2.75) is 26.4 Å². The summed E-state index contributed by atoms with van der Waals surface area (Å²) in [5.41, 5.74) is 5.35. The second-order valence-electron chi connectivity index (χ2n) is 2.63. The molecule has 74 valence electrons. The molecule has 5 heteroatoms. The van der Waals surface area contributed by atoms with Crippen molar-refractivity contribution in [1.29, 1.82) is 0 Å². The van der Waals surface area contributed by atoms with Crippen LogP contribution in [0.2, 0.25) is 0 Å². The molecule has 0 radical (unpaired) electrons. The molecule has 0 aliphatic carbocycles. The van der Waals surface area contributed by atoms with Gasteiger partial charge in [-0.3, -0.25) is 0 Å². The van der Waals surface area contributed by atoms with Gasteiger partial charge in [0.25, 0.3) is 0 Å². The molecule has 0 bridgehead atoms. The first-order chi connectivity index (χ1) is 6.36. The zero-order valence-corrected chi connectivity index (χ0v) is 7.82. The summed E-state index contributed by atoms with van der Waals surface area (Å²) in [5, 5.41) is 3.75. The summed E-state index contributed by atoms with van der Waals surface area (Å²) in [6.45, 7) is 3.65. The number of nitrogens with zero attached hydrogens (tertiary/aromatic N) is 2. The van der Waals surface area contributed by atoms with Gasteiger partial charge in [-0.15, -0.1) is 0 Å². The third kappa shape index (κ3) is 3.52. The van der Waals surface area contributed by atoms with E-state index in [0.29, 0.717) is 31.5 Å². The topological polar surface area (TPSA) is 74.2 Å². The fourth-order valence-corrected chi connectivity index (χ4v) is 0.897. The van der Waals surface area contributed by atoms with Gasteiger partial charge in [0.2, 0.25) is 5.89 Å². The zero-order valence-electron chi connectivity index (χ0n) is 7.82. The Bertz CT molecular complexity index is 215. The lowest BCUT2D eigenvalue weighted by molar-refractivity contribution is 0.126. The first-order valence-electron chi connectivity index (χ1n) is 4.46. The fourth-order valence-electron chi connectivity index (χ4n) is 0.897. The molecule has 1 heterocycles. The van der Waals surface area contributed by atoms with Gasteiger partial charge in [0.15, 0.2) is 5.82 Å². The molecule has 1 aromatic heterocycles. The van der Waals surface area contributed by atoms with Gasteiger partial charge >= 0.3 is 0 Å². The quantitative estimate of drug-likeness (QED) is 0.698. The third-order valence-electron chi connectivity index (χ3n) is 1.54. The van der Waals surface area contributed by atoms with Crippen molar-refractivity contribution in [3.05, 3.63) is 11.7 Å². The van der Waals surface area contributed by atoms with Gasteiger partial charge in [0, 0.05) is 13.0 Å². The molecular formula is C8H15N3O2. The predicted octanol–water partition coefficient (Wildman–Crippen LogP) is 0.497. The summed E-state index contributed by atoms with van der Waals surface area (Å²) in [4.78, 5) is 4.13. The van der Waals surface area contributed by atoms with E-state index in [-0.39, 0.29) is 0 Å². The Kier molecular flexibility index (Phi) is 4.42. The zero-order chi connectivity index (χ0) is 9.52. The van der Waals surface area contributed by atoms with Gasteiger partial charge < -0.3 is 15.0 Å². The summed E-state index contributed by atoms with van der Waals surface area (Å²) < 4.78 is 10.1. The van der Waals surface area contributed by atoms with E-state index < -0.39 is 0 Å². The van der Waals surface area contributed by atoms with Crippen molar-refractivity contribution in [2.75, 3.05) is 13.2 Å². The lowest BCUT2D eigenvalue weighted by Crippen LogP contribution is -2.00. The Morgan fingerprint density at radius 2 is 2.38 bits per heavy atom. The molecule has 0 saturated carbocycles. The molecule has 0 aliphatic rings. The fraction of sp³-hybridized carbons (Fsp3) is 0.750. The standard InChI is InChI=1S/C8H15N3O2/c1-2-12-6-7-10-8(13-11-7)4-3-5-9/h2-6,9H2,1H3. The van der Waals surface area contributed by atoms with Crippen molar-refractivity contribution < 1.29 is 9.26 Å². The van der Waals surface area contributed by atoms with E-state index in [1.807, 2.05) is 6.92 Å². The van der Waals surface area contributed by atoms with Crippen LogP contribution < -0.4 is 5.73 Å². The minimum Gasteiger partial charge on any atom is -0.374 e. The molecule has 0 fully saturated rings. The molecule has 0 atom stereocenters. The second-order valence-corrected chi connectivity index (χ2v) is 2.63. The predicted molar refractivity (Wildman–Crippen MR) is 47.0 cm³/mol. The van der Waals surface area contributed by atoms with Crippen LogP contribution in [0.15, 0.2) is 4.52 Å². The molecule has 0 saturated heterocycles. The molecule has 0 spiro atoms. The third-order valence-corrected chi connectivity index (χ3v) is 1.54. The van der Waals surface area contributed by atoms with Crippen LogP contribution in [0, 0.1) is 0 Å². The number of rotatable bonds is 6. The van der Waals surface area contributed by atoms with Gasteiger partial charge in [-0.05, 0) is 19.9 Å². The maximum Gasteiger partial charge on any atom is 0.226 e. The molecule has 0 aromatic carbocycles. The Labute approximate surface area is 77.3 Å². The van der Waals surface area contributed by atoms with Gasteiger partial charge in [0.05, 0.1) is 0 Å². The first-order valence-corrected chi connectivity index (χ1v) is 4.46. The lowest BCUT2D eigenvalue weighted by atomic mass is 10.3. The Hall–Kier alpha value is -0.940. The van der Waals surface area contributed by atoms with Crippen molar-refractivity contribution in [3.8, 4) is 0 Å². The SMILES string of the molecule is CCOCc1noc(CCCN)n1. The van der Waals surface area contributed by atoms with Crippen LogP contribution in [-0.2, 0) is 17.8 Å². The Morgan fingerprint density at radius 1 is 1.54 bits per heavy atom. The van der Waals surface area contributed by atoms with Gasteiger partial charge in [-0.1, -0.05) is 5.16 Å². The smallest absolute Gasteiger partial charge is 0.226 e. The summed E-state index contributed by atoms with van der Waals surface area (Å²) in [6, 6.07) is 0. The highest BCUT2D eigenvalue weighted by atomic mass is 16.5. The van der Waals surface area contributed by atoms with Gasteiger partial charge in [0.1, 0.15) is 6.61 Å². The highest BCUT2D eigenvalue weighted by Crippen LogP contribution is 2.01. The molecule has 0 unspecified atom stereocenters. The van der Waals surface area contributed by atoms with Crippen LogP contribution >= 0.6 is 0 Å². The number of hydrogen-bond acceptors (Lipinski definition) is 5. The van der Waals surface area contributed by atoms with Crippen molar-refractivity contribution in [1.82, 2.24) is 10.1 Å². The Balaban J connectivity index is 2.34. The molecule has 0 amide bonds. The summed E-state index contributed by atoms with van der Waals surface area (Å²) >= 11 is 0. The highest BCUT2D eigenvalue weighted by molar-refractivity contribution is 4.84. The summed E-state index contributed by atoms with van der Waals surface area (Å²) in [6.07, 6.45) is 1.62. The minimum atomic E-state index is 0.419. The van der Waals surface area contributed by atoms with Crippen LogP contribution in [0.25, 0.3) is 0 Å². The monoisotopic (exact) mass is 185 g/mol. The normalized spacial score (nSPS) is 10.6. The van der Waals surface area contributed by atoms with E-state index in [9.17, 15) is 0 Å². The number of hydrogen-bond donors (Lipinski definition) is 1. The van der Waals surface area contributed by atoms with E-state index >= 15 is 0 Å². The van der Waals surface area contributed by atoms with Gasteiger partial charge in [-0.2, -0.15) is 4.98 Å². The number of aryl methyl sites for hydroxylation is 1. The molecule has 1 aromatic rings. The minimum absolute atomic E-state index is 0.419. The van der Waals surface area contributed by atoms with Crippen LogP contribution in [0.5, 0.6) is 0 Å². The highest BCUT2D eigenvalue weighted by Gasteiger charge is 2.04. The number of nitrogens with two attached hydrogens (primary N) is 1. The lowest BCUT2D eigenvalue weighted by Gasteiger charge is -1.92. The number of ether oxygens (including phenoxy) is 1. The average Bonchev–Trinajstić information content (AvgIpc) is 2.59. The van der Waals surface area contributed by atoms with E-state index in [1.54, 1.807) is 0 Å². The van der Waals surface area contributed by atoms with E-state index in [0.717, 1.165) is 12.8 Å². The summed E-state index contributed by atoms with van der Waals surface area (Å²) in [7, 11) is 0. The Morgan fingerprint density at radius 3 is 3.08 bits per heavy atom. The summed E-state index contributed by atoms with van der Waals surface area (Å²) in [5.74, 6) is 1.24. The van der Waals surface area contributed by atoms with Crippen molar-refractivity contribution in [3.63, 3.8) is 0 Å². The van der Waals surface area contributed by atoms with Crippen LogP contribution in [0.3, 0.4) is 0 Å². The van der Waals surface area contributed by atoms with Crippen LogP contribution in [0.1, 0.15) is 25.1 Å². The maximum atomic E-state index is 5.35. The molecule has 0 aliphatic heterocycles. The van der Waals surface area contributed by atoms with Crippen molar-refractivity contribution in [2.24, 2.45) is 5.73 Å². The van der Waals surface area contributed by atoms with E-state index in [2.05, 4.69) is 10.1 Å². The number of aromatic nitrogens is 2. The largest absolute Gasteiger partial charge is 0.374 e. The molecule has 5 nitrogen and oxygen atoms in total. The molecule has 13 heavy (non-hydrogen) atoms. The second kappa shape index (κ2) is 5.66. The molecule has 1 rings (SSSR count).